The van der Waals surface area contributed by atoms with Crippen LogP contribution in [-0.2, 0) is 25.7 Å². The van der Waals surface area contributed by atoms with Gasteiger partial charge in [-0.05, 0) is 18.1 Å². The molecule has 1 atom stereocenters. The molecule has 0 radical (unpaired) electrons. The molecule has 0 saturated carbocycles. The minimum absolute atomic E-state index is 0.127. The van der Waals surface area contributed by atoms with Gasteiger partial charge in [0.15, 0.2) is 0 Å². The second-order valence-corrected chi connectivity index (χ2v) is 5.00. The second-order valence-electron chi connectivity index (χ2n) is 5.00. The zero-order valence-electron chi connectivity index (χ0n) is 13.0. The number of ether oxygens (including phenoxy) is 2. The van der Waals surface area contributed by atoms with Gasteiger partial charge in [0, 0.05) is 24.4 Å². The molecule has 0 fully saturated rings. The van der Waals surface area contributed by atoms with Gasteiger partial charge in [-0.25, -0.2) is 4.79 Å². The van der Waals surface area contributed by atoms with Crippen molar-refractivity contribution in [2.24, 2.45) is 0 Å². The van der Waals surface area contributed by atoms with Crippen molar-refractivity contribution in [1.82, 2.24) is 4.98 Å². The van der Waals surface area contributed by atoms with Crippen LogP contribution in [0.3, 0.4) is 0 Å². The van der Waals surface area contributed by atoms with Gasteiger partial charge < -0.3 is 9.47 Å². The Morgan fingerprint density at radius 2 is 1.91 bits per heavy atom. The van der Waals surface area contributed by atoms with Crippen LogP contribution in [0.15, 0.2) is 54.9 Å². The van der Waals surface area contributed by atoms with Crippen molar-refractivity contribution in [3.8, 4) is 0 Å². The first kappa shape index (κ1) is 16.7. The van der Waals surface area contributed by atoms with Gasteiger partial charge in [-0.15, -0.1) is 0 Å². The van der Waals surface area contributed by atoms with E-state index in [4.69, 9.17) is 9.47 Å². The number of benzene rings is 1. The number of hydrogen-bond donors (Lipinski definition) is 0. The summed E-state index contributed by atoms with van der Waals surface area (Å²) in [5.74, 6) is -1.04. The summed E-state index contributed by atoms with van der Waals surface area (Å²) in [6.07, 6.45) is 2.89. The third-order valence-electron chi connectivity index (χ3n) is 3.13. The van der Waals surface area contributed by atoms with E-state index >= 15 is 0 Å². The van der Waals surface area contributed by atoms with Crippen LogP contribution in [0.25, 0.3) is 0 Å². The molecule has 120 valence electrons. The maximum atomic E-state index is 12.3. The van der Waals surface area contributed by atoms with Crippen LogP contribution in [-0.4, -0.2) is 16.9 Å². The van der Waals surface area contributed by atoms with Crippen molar-refractivity contribution in [2.45, 2.75) is 32.5 Å². The smallest absolute Gasteiger partial charge is 0.352 e. The molecule has 0 spiro atoms. The van der Waals surface area contributed by atoms with Crippen molar-refractivity contribution >= 4 is 11.9 Å². The van der Waals surface area contributed by atoms with Gasteiger partial charge in [0.1, 0.15) is 6.61 Å². The Morgan fingerprint density at radius 3 is 2.57 bits per heavy atom. The molecule has 0 N–H and O–H groups in total. The molecule has 0 aliphatic heterocycles. The number of carbonyl (C=O) groups is 2. The Kier molecular flexibility index (Phi) is 6.29. The minimum Gasteiger partial charge on any atom is -0.458 e. The maximum Gasteiger partial charge on any atom is 0.352 e. The molecule has 2 rings (SSSR count). The van der Waals surface area contributed by atoms with Gasteiger partial charge in [0.05, 0.1) is 0 Å². The number of aromatic nitrogens is 1. The highest BCUT2D eigenvalue weighted by Gasteiger charge is 2.26. The van der Waals surface area contributed by atoms with E-state index in [1.165, 1.54) is 6.20 Å². The summed E-state index contributed by atoms with van der Waals surface area (Å²) in [5.41, 5.74) is 1.36. The number of nitrogens with zero attached hydrogens (tertiary/aromatic N) is 1. The number of rotatable bonds is 7. The van der Waals surface area contributed by atoms with E-state index in [-0.39, 0.29) is 13.0 Å². The van der Waals surface area contributed by atoms with Crippen molar-refractivity contribution < 1.29 is 19.1 Å². The van der Waals surface area contributed by atoms with E-state index < -0.39 is 18.0 Å². The minimum atomic E-state index is -1.09. The highest BCUT2D eigenvalue weighted by molar-refractivity contribution is 5.80. The van der Waals surface area contributed by atoms with Crippen LogP contribution in [0.4, 0.5) is 0 Å². The first-order chi connectivity index (χ1) is 11.2. The number of hydrogen-bond acceptors (Lipinski definition) is 5. The summed E-state index contributed by atoms with van der Waals surface area (Å²) < 4.78 is 10.6. The average molecular weight is 313 g/mol. The molecular weight excluding hydrogens is 294 g/mol. The van der Waals surface area contributed by atoms with Crippen molar-refractivity contribution in [2.75, 3.05) is 0 Å². The Balaban J connectivity index is 2.06. The summed E-state index contributed by atoms with van der Waals surface area (Å²) in [4.78, 5) is 28.0. The maximum absolute atomic E-state index is 12.3. The number of esters is 2. The van der Waals surface area contributed by atoms with Crippen molar-refractivity contribution in [3.05, 3.63) is 66.0 Å². The van der Waals surface area contributed by atoms with Crippen LogP contribution in [0, 0.1) is 0 Å². The van der Waals surface area contributed by atoms with E-state index in [1.54, 1.807) is 18.3 Å². The summed E-state index contributed by atoms with van der Waals surface area (Å²) in [6.45, 7) is 2.00. The predicted molar refractivity (Wildman–Crippen MR) is 84.2 cm³/mol. The molecule has 23 heavy (non-hydrogen) atoms. The number of pyridine rings is 1. The predicted octanol–water partition coefficient (Wildman–Crippen LogP) is 3.21. The van der Waals surface area contributed by atoms with Crippen molar-refractivity contribution in [1.29, 1.82) is 0 Å². The average Bonchev–Trinajstić information content (AvgIpc) is 2.59. The molecule has 1 aromatic heterocycles. The van der Waals surface area contributed by atoms with E-state index in [2.05, 4.69) is 4.98 Å². The van der Waals surface area contributed by atoms with Gasteiger partial charge in [0.2, 0.25) is 6.10 Å². The summed E-state index contributed by atoms with van der Waals surface area (Å²) in [7, 11) is 0. The lowest BCUT2D eigenvalue weighted by molar-refractivity contribution is -0.169. The van der Waals surface area contributed by atoms with Gasteiger partial charge >= 0.3 is 11.9 Å². The fraction of sp³-hybridized carbons (Fsp3) is 0.278. The highest BCUT2D eigenvalue weighted by atomic mass is 16.6. The number of carbonyl (C=O) groups excluding carboxylic acids is 2. The third-order valence-corrected chi connectivity index (χ3v) is 3.13. The summed E-state index contributed by atoms with van der Waals surface area (Å²) in [6, 6.07) is 12.7. The lowest BCUT2D eigenvalue weighted by Crippen LogP contribution is -2.22. The van der Waals surface area contributed by atoms with Crippen LogP contribution in [0.5, 0.6) is 0 Å². The second kappa shape index (κ2) is 8.68. The zero-order valence-corrected chi connectivity index (χ0v) is 13.0. The molecule has 1 heterocycles. The Bertz CT molecular complexity index is 628. The van der Waals surface area contributed by atoms with E-state index in [0.29, 0.717) is 12.0 Å². The lowest BCUT2D eigenvalue weighted by Gasteiger charge is -2.17. The molecule has 0 aliphatic rings. The largest absolute Gasteiger partial charge is 0.458 e. The summed E-state index contributed by atoms with van der Waals surface area (Å²) in [5, 5.41) is 0. The standard InChI is InChI=1S/C18H19NO4/c1-2-7-16(20)23-17(15-10-6-11-19-12-15)18(21)22-13-14-8-4-3-5-9-14/h3-6,8-12,17H,2,7,13H2,1H3. The quantitative estimate of drug-likeness (QED) is 0.734. The zero-order chi connectivity index (χ0) is 16.5. The third kappa shape index (κ3) is 5.21. The van der Waals surface area contributed by atoms with Crippen LogP contribution < -0.4 is 0 Å². The fourth-order valence-corrected chi connectivity index (χ4v) is 1.98. The van der Waals surface area contributed by atoms with E-state index in [1.807, 2.05) is 37.3 Å². The normalized spacial score (nSPS) is 11.5. The molecule has 1 unspecified atom stereocenters. The van der Waals surface area contributed by atoms with E-state index in [9.17, 15) is 9.59 Å². The van der Waals surface area contributed by atoms with Crippen molar-refractivity contribution in [3.63, 3.8) is 0 Å². The molecule has 0 aliphatic carbocycles. The Labute approximate surface area is 135 Å². The molecule has 5 nitrogen and oxygen atoms in total. The molecule has 0 bridgehead atoms. The highest BCUT2D eigenvalue weighted by Crippen LogP contribution is 2.20. The molecule has 0 amide bonds. The molecular formula is C18H19NO4. The topological polar surface area (TPSA) is 65.5 Å². The first-order valence-electron chi connectivity index (χ1n) is 7.50. The molecule has 0 saturated heterocycles. The van der Waals surface area contributed by atoms with Gasteiger partial charge in [0.25, 0.3) is 0 Å². The summed E-state index contributed by atoms with van der Waals surface area (Å²) >= 11 is 0. The molecule has 5 heteroatoms. The first-order valence-corrected chi connectivity index (χ1v) is 7.50. The van der Waals surface area contributed by atoms with E-state index in [0.717, 1.165) is 5.56 Å². The molecule has 2 aromatic rings. The fourth-order valence-electron chi connectivity index (χ4n) is 1.98. The monoisotopic (exact) mass is 313 g/mol. The lowest BCUT2D eigenvalue weighted by atomic mass is 10.1. The van der Waals surface area contributed by atoms with Gasteiger partial charge in [-0.1, -0.05) is 43.3 Å². The Hall–Kier alpha value is -2.69. The van der Waals surface area contributed by atoms with Gasteiger partial charge in [-0.3, -0.25) is 9.78 Å². The van der Waals surface area contributed by atoms with Crippen LogP contribution >= 0.6 is 0 Å². The Morgan fingerprint density at radius 1 is 1.13 bits per heavy atom. The van der Waals surface area contributed by atoms with Crippen LogP contribution in [0.1, 0.15) is 37.0 Å². The van der Waals surface area contributed by atoms with Crippen LogP contribution in [0.2, 0.25) is 0 Å². The van der Waals surface area contributed by atoms with Gasteiger partial charge in [-0.2, -0.15) is 0 Å². The molecule has 1 aromatic carbocycles. The SMILES string of the molecule is CCCC(=O)OC(C(=O)OCc1ccccc1)c1cccnc1.